The maximum atomic E-state index is 12.1. The number of aromatic nitrogens is 2. The molecule has 1 aromatic heterocycles. The molecule has 0 fully saturated rings. The summed E-state index contributed by atoms with van der Waals surface area (Å²) in [6.45, 7) is 0. The monoisotopic (exact) mass is 318 g/mol. The second kappa shape index (κ2) is 6.73. The van der Waals surface area contributed by atoms with E-state index < -0.39 is 17.9 Å². The first-order valence-electron chi connectivity index (χ1n) is 6.48. The third kappa shape index (κ3) is 2.91. The molecule has 0 unspecified atom stereocenters. The lowest BCUT2D eigenvalue weighted by Gasteiger charge is -2.06. The predicted molar refractivity (Wildman–Crippen MR) is 77.6 cm³/mol. The van der Waals surface area contributed by atoms with Crippen LogP contribution in [0, 0.1) is 0 Å². The Balaban J connectivity index is 2.81. The quantitative estimate of drug-likeness (QED) is 0.618. The summed E-state index contributed by atoms with van der Waals surface area (Å²) in [7, 11) is 3.43. The van der Waals surface area contributed by atoms with Gasteiger partial charge in [0.2, 0.25) is 0 Å². The van der Waals surface area contributed by atoms with E-state index in [9.17, 15) is 14.4 Å². The highest BCUT2D eigenvalue weighted by molar-refractivity contribution is 6.09. The molecule has 23 heavy (non-hydrogen) atoms. The van der Waals surface area contributed by atoms with E-state index >= 15 is 0 Å². The van der Waals surface area contributed by atoms with Gasteiger partial charge in [-0.15, -0.1) is 0 Å². The first kappa shape index (κ1) is 16.2. The molecule has 0 atom stereocenters. The molecule has 8 heteroatoms. The molecular formula is C15H14N2O6. The van der Waals surface area contributed by atoms with Crippen molar-refractivity contribution in [2.75, 3.05) is 21.3 Å². The normalized spacial score (nSPS) is 10.0. The summed E-state index contributed by atoms with van der Waals surface area (Å²) in [6.07, 6.45) is 0. The smallest absolute Gasteiger partial charge is 0.359 e. The highest BCUT2D eigenvalue weighted by Gasteiger charge is 2.34. The molecule has 0 bridgehead atoms. The number of hydrogen-bond donors (Lipinski definition) is 0. The van der Waals surface area contributed by atoms with Crippen LogP contribution < -0.4 is 0 Å². The van der Waals surface area contributed by atoms with E-state index in [0.717, 1.165) is 26.0 Å². The van der Waals surface area contributed by atoms with Crippen molar-refractivity contribution in [2.24, 2.45) is 0 Å². The predicted octanol–water partition coefficient (Wildman–Crippen LogP) is 1.23. The van der Waals surface area contributed by atoms with Crippen molar-refractivity contribution in [2.45, 2.75) is 0 Å². The molecule has 0 saturated heterocycles. The fraction of sp³-hybridized carbons (Fsp3) is 0.200. The van der Waals surface area contributed by atoms with Crippen LogP contribution in [0.1, 0.15) is 31.3 Å². The van der Waals surface area contributed by atoms with Crippen LogP contribution in [0.5, 0.6) is 0 Å². The Morgan fingerprint density at radius 2 is 1.43 bits per heavy atom. The highest BCUT2D eigenvalue weighted by Crippen LogP contribution is 2.21. The number of methoxy groups -OCH3 is 3. The van der Waals surface area contributed by atoms with Gasteiger partial charge >= 0.3 is 17.9 Å². The van der Waals surface area contributed by atoms with Crippen LogP contribution in [0.3, 0.4) is 0 Å². The van der Waals surface area contributed by atoms with Gasteiger partial charge in [-0.1, -0.05) is 18.2 Å². The molecule has 0 spiro atoms. The average Bonchev–Trinajstić information content (AvgIpc) is 3.00. The number of carbonyl (C=O) groups excluding carboxylic acids is 3. The van der Waals surface area contributed by atoms with Crippen LogP contribution in [0.25, 0.3) is 5.69 Å². The molecule has 1 heterocycles. The van der Waals surface area contributed by atoms with Gasteiger partial charge in [0, 0.05) is 0 Å². The Kier molecular flexibility index (Phi) is 4.75. The van der Waals surface area contributed by atoms with Crippen LogP contribution in [0.15, 0.2) is 30.3 Å². The topological polar surface area (TPSA) is 96.7 Å². The maximum Gasteiger partial charge on any atom is 0.359 e. The van der Waals surface area contributed by atoms with E-state index in [0.29, 0.717) is 5.69 Å². The molecule has 2 rings (SSSR count). The lowest BCUT2D eigenvalue weighted by atomic mass is 10.1. The Bertz CT molecular complexity index is 751. The molecule has 0 N–H and O–H groups in total. The zero-order valence-electron chi connectivity index (χ0n) is 12.7. The van der Waals surface area contributed by atoms with Crippen molar-refractivity contribution < 1.29 is 28.6 Å². The van der Waals surface area contributed by atoms with Gasteiger partial charge in [0.25, 0.3) is 0 Å². The van der Waals surface area contributed by atoms with Crippen LogP contribution in [0.4, 0.5) is 0 Å². The van der Waals surface area contributed by atoms with Crippen LogP contribution in [-0.2, 0) is 14.2 Å². The third-order valence-electron chi connectivity index (χ3n) is 3.03. The van der Waals surface area contributed by atoms with E-state index in [1.807, 2.05) is 0 Å². The SMILES string of the molecule is COC(=O)c1nn(-c2ccccc2)c(C(=O)OC)c1C(=O)OC. The summed E-state index contributed by atoms with van der Waals surface area (Å²) in [5.41, 5.74) is -0.391. The highest BCUT2D eigenvalue weighted by atomic mass is 16.5. The fourth-order valence-corrected chi connectivity index (χ4v) is 1.99. The van der Waals surface area contributed by atoms with E-state index in [2.05, 4.69) is 14.6 Å². The van der Waals surface area contributed by atoms with Crippen LogP contribution >= 0.6 is 0 Å². The Morgan fingerprint density at radius 1 is 0.870 bits per heavy atom. The standard InChI is InChI=1S/C15H14N2O6/c1-21-13(18)10-11(14(19)22-2)16-17(12(10)15(20)23-3)9-7-5-4-6-8-9/h4-8H,1-3H3. The molecule has 8 nitrogen and oxygen atoms in total. The molecule has 0 aliphatic carbocycles. The van der Waals surface area contributed by atoms with Crippen molar-refractivity contribution in [3.05, 3.63) is 47.3 Å². The number of hydrogen-bond acceptors (Lipinski definition) is 7. The zero-order valence-corrected chi connectivity index (χ0v) is 12.7. The van der Waals surface area contributed by atoms with Crippen molar-refractivity contribution in [3.63, 3.8) is 0 Å². The number of rotatable bonds is 4. The van der Waals surface area contributed by atoms with E-state index in [1.165, 1.54) is 0 Å². The summed E-state index contributed by atoms with van der Waals surface area (Å²) in [5, 5.41) is 4.03. The summed E-state index contributed by atoms with van der Waals surface area (Å²) < 4.78 is 15.1. The average molecular weight is 318 g/mol. The second-order valence-corrected chi connectivity index (χ2v) is 4.29. The fourth-order valence-electron chi connectivity index (χ4n) is 1.99. The minimum atomic E-state index is -0.895. The Morgan fingerprint density at radius 3 is 1.96 bits per heavy atom. The zero-order chi connectivity index (χ0) is 17.0. The minimum Gasteiger partial charge on any atom is -0.465 e. The minimum absolute atomic E-state index is 0.217. The maximum absolute atomic E-state index is 12.1. The van der Waals surface area contributed by atoms with E-state index in [-0.39, 0.29) is 17.0 Å². The van der Waals surface area contributed by atoms with Gasteiger partial charge in [-0.05, 0) is 12.1 Å². The summed E-state index contributed by atoms with van der Waals surface area (Å²) in [4.78, 5) is 36.1. The molecule has 120 valence electrons. The summed E-state index contributed by atoms with van der Waals surface area (Å²) in [5.74, 6) is -2.60. The summed E-state index contributed by atoms with van der Waals surface area (Å²) in [6, 6.07) is 8.51. The Labute approximate surface area is 131 Å². The van der Waals surface area contributed by atoms with Gasteiger partial charge in [-0.2, -0.15) is 5.10 Å². The van der Waals surface area contributed by atoms with Gasteiger partial charge < -0.3 is 14.2 Å². The van der Waals surface area contributed by atoms with Gasteiger partial charge in [0.15, 0.2) is 11.4 Å². The molecule has 0 amide bonds. The first-order valence-corrected chi connectivity index (χ1v) is 6.48. The Hall–Kier alpha value is -3.16. The molecule has 0 radical (unpaired) electrons. The van der Waals surface area contributed by atoms with Gasteiger partial charge in [-0.3, -0.25) is 0 Å². The molecule has 0 aliphatic rings. The van der Waals surface area contributed by atoms with Crippen molar-refractivity contribution in [1.82, 2.24) is 9.78 Å². The molecule has 2 aromatic rings. The van der Waals surface area contributed by atoms with Crippen molar-refractivity contribution in [1.29, 1.82) is 0 Å². The third-order valence-corrected chi connectivity index (χ3v) is 3.03. The molecule has 0 saturated carbocycles. The lowest BCUT2D eigenvalue weighted by Crippen LogP contribution is -2.16. The molecule has 0 aliphatic heterocycles. The van der Waals surface area contributed by atoms with Gasteiger partial charge in [0.1, 0.15) is 5.56 Å². The number of benzene rings is 1. The number of nitrogens with zero attached hydrogens (tertiary/aromatic N) is 2. The molecular weight excluding hydrogens is 304 g/mol. The number of esters is 3. The van der Waals surface area contributed by atoms with Gasteiger partial charge in [-0.25, -0.2) is 19.1 Å². The van der Waals surface area contributed by atoms with Crippen molar-refractivity contribution in [3.8, 4) is 5.69 Å². The van der Waals surface area contributed by atoms with Crippen LogP contribution in [0.2, 0.25) is 0 Å². The van der Waals surface area contributed by atoms with E-state index in [1.54, 1.807) is 30.3 Å². The number of ether oxygens (including phenoxy) is 3. The number of carbonyl (C=O) groups is 3. The van der Waals surface area contributed by atoms with Gasteiger partial charge in [0.05, 0.1) is 27.0 Å². The second-order valence-electron chi connectivity index (χ2n) is 4.29. The lowest BCUT2D eigenvalue weighted by molar-refractivity contribution is 0.0535. The largest absolute Gasteiger partial charge is 0.465 e. The first-order chi connectivity index (χ1) is 11.0. The van der Waals surface area contributed by atoms with Crippen LogP contribution in [-0.4, -0.2) is 49.0 Å². The number of para-hydroxylation sites is 1. The van der Waals surface area contributed by atoms with Crippen molar-refractivity contribution >= 4 is 17.9 Å². The summed E-state index contributed by atoms with van der Waals surface area (Å²) >= 11 is 0. The molecule has 1 aromatic carbocycles. The van der Waals surface area contributed by atoms with E-state index in [4.69, 9.17) is 4.74 Å².